The summed E-state index contributed by atoms with van der Waals surface area (Å²) in [6.07, 6.45) is 12.7. The van der Waals surface area contributed by atoms with Gasteiger partial charge in [0.1, 0.15) is 5.75 Å². The van der Waals surface area contributed by atoms with Crippen molar-refractivity contribution < 1.29 is 9.53 Å². The number of rotatable bonds is 3. The quantitative estimate of drug-likeness (QED) is 0.605. The van der Waals surface area contributed by atoms with Crippen molar-refractivity contribution in [3.8, 4) is 5.75 Å². The van der Waals surface area contributed by atoms with E-state index in [0.29, 0.717) is 23.5 Å². The number of benzene rings is 1. The third kappa shape index (κ3) is 2.94. The molecule has 5 atom stereocenters. The van der Waals surface area contributed by atoms with E-state index >= 15 is 0 Å². The normalized spacial score (nSPS) is 38.7. The van der Waals surface area contributed by atoms with Crippen molar-refractivity contribution in [3.05, 3.63) is 53.6 Å². The van der Waals surface area contributed by atoms with E-state index in [0.717, 1.165) is 36.8 Å². The molecule has 0 N–H and O–H groups in total. The van der Waals surface area contributed by atoms with Crippen molar-refractivity contribution in [2.75, 3.05) is 7.11 Å². The Morgan fingerprint density at radius 3 is 2.66 bits per heavy atom. The molecule has 2 heteroatoms. The van der Waals surface area contributed by atoms with Crippen molar-refractivity contribution in [1.29, 1.82) is 0 Å². The first kappa shape index (κ1) is 19.2. The first-order valence-electron chi connectivity index (χ1n) is 11.5. The molecule has 1 aromatic rings. The Bertz CT molecular complexity index is 863. The molecule has 154 valence electrons. The standard InChI is InChI=1S/C27H34O2/c1-18-15-22-23-5-4-12-26(23,2)13-11-24(22)27(14-10-20(28)16-25(18)27)17-19-6-8-21(29-3)9-7-19/h6-9,16,22-24H,1,4-5,10-15,17H2,2-3H3/t22-,23-,24+,26-,27-/m0/s1. The van der Waals surface area contributed by atoms with Crippen LogP contribution in [0, 0.1) is 28.6 Å². The van der Waals surface area contributed by atoms with Gasteiger partial charge >= 0.3 is 0 Å². The van der Waals surface area contributed by atoms with E-state index in [9.17, 15) is 4.79 Å². The number of carbonyl (C=O) groups excluding carboxylic acids is 1. The summed E-state index contributed by atoms with van der Waals surface area (Å²) in [7, 11) is 1.72. The summed E-state index contributed by atoms with van der Waals surface area (Å²) in [4.78, 5) is 12.4. The van der Waals surface area contributed by atoms with Crippen LogP contribution < -0.4 is 4.74 Å². The van der Waals surface area contributed by atoms with Gasteiger partial charge in [0.2, 0.25) is 0 Å². The highest BCUT2D eigenvalue weighted by Gasteiger charge is 2.58. The van der Waals surface area contributed by atoms with E-state index in [1.165, 1.54) is 48.8 Å². The van der Waals surface area contributed by atoms with E-state index < -0.39 is 0 Å². The number of fused-ring (bicyclic) bond motifs is 5. The predicted molar refractivity (Wildman–Crippen MR) is 117 cm³/mol. The SMILES string of the molecule is C=C1C[C@@H]2[C@@H](CC[C@]3(C)CCC[C@@H]23)[C@@]2(Cc3ccc(OC)cc3)CCC(=O)C=C12. The Balaban J connectivity index is 1.57. The van der Waals surface area contributed by atoms with E-state index in [4.69, 9.17) is 4.74 Å². The Labute approximate surface area is 175 Å². The van der Waals surface area contributed by atoms with Crippen LogP contribution in [0.2, 0.25) is 0 Å². The van der Waals surface area contributed by atoms with Gasteiger partial charge in [0.05, 0.1) is 7.11 Å². The molecule has 0 unspecified atom stereocenters. The lowest BCUT2D eigenvalue weighted by Gasteiger charge is -2.59. The first-order chi connectivity index (χ1) is 13.9. The molecular weight excluding hydrogens is 356 g/mol. The van der Waals surface area contributed by atoms with Crippen LogP contribution in [0.15, 0.2) is 48.1 Å². The largest absolute Gasteiger partial charge is 0.497 e. The fraction of sp³-hybridized carbons (Fsp3) is 0.593. The Hall–Kier alpha value is -1.83. The zero-order valence-corrected chi connectivity index (χ0v) is 18.0. The van der Waals surface area contributed by atoms with Gasteiger partial charge in [-0.2, -0.15) is 0 Å². The van der Waals surface area contributed by atoms with E-state index in [2.05, 4.69) is 37.8 Å². The van der Waals surface area contributed by atoms with Crippen molar-refractivity contribution in [2.24, 2.45) is 28.6 Å². The topological polar surface area (TPSA) is 26.3 Å². The predicted octanol–water partition coefficient (Wildman–Crippen LogP) is 6.31. The molecule has 3 fully saturated rings. The minimum absolute atomic E-state index is 0.0897. The zero-order valence-electron chi connectivity index (χ0n) is 18.0. The number of ether oxygens (including phenoxy) is 1. The molecule has 0 radical (unpaired) electrons. The third-order valence-corrected chi connectivity index (χ3v) is 9.13. The second kappa shape index (κ2) is 6.86. The van der Waals surface area contributed by atoms with Gasteiger partial charge in [0.25, 0.3) is 0 Å². The van der Waals surface area contributed by atoms with Crippen LogP contribution in [0.3, 0.4) is 0 Å². The van der Waals surface area contributed by atoms with Gasteiger partial charge in [0.15, 0.2) is 5.78 Å². The summed E-state index contributed by atoms with van der Waals surface area (Å²) in [5, 5.41) is 0. The maximum absolute atomic E-state index is 12.4. The summed E-state index contributed by atoms with van der Waals surface area (Å²) in [6.45, 7) is 7.09. The molecule has 5 rings (SSSR count). The lowest BCUT2D eigenvalue weighted by atomic mass is 9.45. The van der Waals surface area contributed by atoms with Crippen LogP contribution in [0.1, 0.15) is 63.9 Å². The van der Waals surface area contributed by atoms with E-state index in [1.807, 2.05) is 6.08 Å². The maximum atomic E-state index is 12.4. The molecule has 29 heavy (non-hydrogen) atoms. The van der Waals surface area contributed by atoms with Crippen molar-refractivity contribution in [1.82, 2.24) is 0 Å². The van der Waals surface area contributed by atoms with Gasteiger partial charge in [-0.25, -0.2) is 0 Å². The smallest absolute Gasteiger partial charge is 0.156 e. The molecule has 0 spiro atoms. The summed E-state index contributed by atoms with van der Waals surface area (Å²) >= 11 is 0. The molecule has 0 heterocycles. The zero-order chi connectivity index (χ0) is 20.2. The summed E-state index contributed by atoms with van der Waals surface area (Å²) < 4.78 is 5.37. The molecule has 0 amide bonds. The van der Waals surface area contributed by atoms with Crippen LogP contribution in [-0.2, 0) is 11.2 Å². The van der Waals surface area contributed by atoms with Gasteiger partial charge in [-0.3, -0.25) is 4.79 Å². The number of hydrogen-bond donors (Lipinski definition) is 0. The number of hydrogen-bond acceptors (Lipinski definition) is 2. The molecule has 1 aromatic carbocycles. The van der Waals surface area contributed by atoms with Crippen LogP contribution >= 0.6 is 0 Å². The highest BCUT2D eigenvalue weighted by Crippen LogP contribution is 2.66. The average Bonchev–Trinajstić information content (AvgIpc) is 3.12. The number of allylic oxidation sites excluding steroid dienone is 2. The Kier molecular flexibility index (Phi) is 4.53. The Morgan fingerprint density at radius 2 is 1.90 bits per heavy atom. The van der Waals surface area contributed by atoms with Crippen molar-refractivity contribution in [2.45, 2.75) is 64.7 Å². The lowest BCUT2D eigenvalue weighted by molar-refractivity contribution is -0.117. The number of carbonyl (C=O) groups is 1. The van der Waals surface area contributed by atoms with Crippen molar-refractivity contribution in [3.63, 3.8) is 0 Å². The number of ketones is 1. The van der Waals surface area contributed by atoms with Crippen LogP contribution in [0.4, 0.5) is 0 Å². The summed E-state index contributed by atoms with van der Waals surface area (Å²) in [5.74, 6) is 3.47. The van der Waals surface area contributed by atoms with Gasteiger partial charge in [0, 0.05) is 11.8 Å². The number of methoxy groups -OCH3 is 1. The van der Waals surface area contributed by atoms with E-state index in [1.54, 1.807) is 7.11 Å². The molecule has 4 aliphatic carbocycles. The maximum Gasteiger partial charge on any atom is 0.156 e. The fourth-order valence-corrected chi connectivity index (χ4v) is 7.77. The molecule has 0 saturated heterocycles. The first-order valence-corrected chi connectivity index (χ1v) is 11.5. The average molecular weight is 391 g/mol. The molecule has 2 nitrogen and oxygen atoms in total. The second-order valence-electron chi connectivity index (χ2n) is 10.5. The van der Waals surface area contributed by atoms with Gasteiger partial charge in [-0.1, -0.05) is 37.6 Å². The molecule has 0 bridgehead atoms. The highest BCUT2D eigenvalue weighted by atomic mass is 16.5. The minimum Gasteiger partial charge on any atom is -0.497 e. The second-order valence-corrected chi connectivity index (χ2v) is 10.5. The Morgan fingerprint density at radius 1 is 1.10 bits per heavy atom. The molecule has 0 aliphatic heterocycles. The minimum atomic E-state index is 0.0897. The fourth-order valence-electron chi connectivity index (χ4n) is 7.77. The van der Waals surface area contributed by atoms with Crippen LogP contribution in [0.25, 0.3) is 0 Å². The van der Waals surface area contributed by atoms with Gasteiger partial charge < -0.3 is 4.74 Å². The third-order valence-electron chi connectivity index (χ3n) is 9.13. The van der Waals surface area contributed by atoms with Crippen molar-refractivity contribution >= 4 is 5.78 Å². The van der Waals surface area contributed by atoms with Crippen LogP contribution in [-0.4, -0.2) is 12.9 Å². The van der Waals surface area contributed by atoms with Crippen LogP contribution in [0.5, 0.6) is 5.75 Å². The van der Waals surface area contributed by atoms with Gasteiger partial charge in [-0.05, 0) is 97.5 Å². The molecular formula is C27H34O2. The van der Waals surface area contributed by atoms with E-state index in [-0.39, 0.29) is 5.41 Å². The highest BCUT2D eigenvalue weighted by molar-refractivity contribution is 5.92. The molecule has 4 aliphatic rings. The lowest BCUT2D eigenvalue weighted by Crippen LogP contribution is -2.52. The monoisotopic (exact) mass is 390 g/mol. The molecule has 3 saturated carbocycles. The summed E-state index contributed by atoms with van der Waals surface area (Å²) in [6, 6.07) is 8.59. The molecule has 0 aromatic heterocycles. The summed E-state index contributed by atoms with van der Waals surface area (Å²) in [5.41, 5.74) is 4.54. The van der Waals surface area contributed by atoms with Gasteiger partial charge in [-0.15, -0.1) is 0 Å².